The van der Waals surface area contributed by atoms with Gasteiger partial charge in [0.1, 0.15) is 6.10 Å². The van der Waals surface area contributed by atoms with Crippen LogP contribution in [0.15, 0.2) is 48.6 Å². The average molecular weight is 343 g/mol. The summed E-state index contributed by atoms with van der Waals surface area (Å²) in [6, 6.07) is 5.41. The van der Waals surface area contributed by atoms with Gasteiger partial charge >= 0.3 is 5.97 Å². The van der Waals surface area contributed by atoms with Crippen LogP contribution in [0.4, 0.5) is 5.69 Å². The van der Waals surface area contributed by atoms with Crippen LogP contribution in [0, 0.1) is 21.4 Å². The van der Waals surface area contributed by atoms with Gasteiger partial charge in [-0.05, 0) is 49.8 Å². The summed E-state index contributed by atoms with van der Waals surface area (Å²) < 4.78 is 5.41. The topological polar surface area (TPSA) is 69.4 Å². The third-order valence-corrected chi connectivity index (χ3v) is 4.78. The van der Waals surface area contributed by atoms with E-state index in [4.69, 9.17) is 4.74 Å². The van der Waals surface area contributed by atoms with Crippen molar-refractivity contribution in [3.8, 4) is 0 Å². The Morgan fingerprint density at radius 1 is 1.40 bits per heavy atom. The van der Waals surface area contributed by atoms with E-state index >= 15 is 0 Å². The Morgan fingerprint density at radius 3 is 2.60 bits per heavy atom. The molecule has 1 aliphatic carbocycles. The van der Waals surface area contributed by atoms with Gasteiger partial charge < -0.3 is 4.74 Å². The lowest BCUT2D eigenvalue weighted by Gasteiger charge is -2.38. The summed E-state index contributed by atoms with van der Waals surface area (Å²) in [4.78, 5) is 22.3. The number of nitrogens with zero attached hydrogens (tertiary/aromatic N) is 1. The van der Waals surface area contributed by atoms with Crippen molar-refractivity contribution >= 4 is 11.7 Å². The number of nitro benzene ring substituents is 1. The van der Waals surface area contributed by atoms with Gasteiger partial charge in [-0.2, -0.15) is 0 Å². The maximum Gasteiger partial charge on any atom is 0.338 e. The number of esters is 1. The SMILES string of the molecule is C=C1CCCC(C)(C)[C@@H]1/C=C/[C@H](C)OC(=O)c1ccc([N+](=O)[O-])cc1. The smallest absolute Gasteiger partial charge is 0.338 e. The van der Waals surface area contributed by atoms with E-state index in [0.29, 0.717) is 5.56 Å². The number of benzene rings is 1. The van der Waals surface area contributed by atoms with Gasteiger partial charge in [0.05, 0.1) is 10.5 Å². The van der Waals surface area contributed by atoms with E-state index in [2.05, 4.69) is 26.5 Å². The van der Waals surface area contributed by atoms with Crippen LogP contribution >= 0.6 is 0 Å². The lowest BCUT2D eigenvalue weighted by molar-refractivity contribution is -0.384. The fourth-order valence-electron chi connectivity index (χ4n) is 3.29. The Labute approximate surface area is 148 Å². The normalized spacial score (nSPS) is 21.1. The Hall–Kier alpha value is -2.43. The van der Waals surface area contributed by atoms with Crippen molar-refractivity contribution in [2.45, 2.75) is 46.1 Å². The molecule has 0 amide bonds. The quantitative estimate of drug-likeness (QED) is 0.323. The molecule has 25 heavy (non-hydrogen) atoms. The Balaban J connectivity index is 1.99. The van der Waals surface area contributed by atoms with Crippen LogP contribution in [0.25, 0.3) is 0 Å². The van der Waals surface area contributed by atoms with Gasteiger partial charge in [0.25, 0.3) is 5.69 Å². The van der Waals surface area contributed by atoms with E-state index in [1.807, 2.05) is 6.08 Å². The monoisotopic (exact) mass is 343 g/mol. The third-order valence-electron chi connectivity index (χ3n) is 4.78. The van der Waals surface area contributed by atoms with E-state index in [1.165, 1.54) is 36.3 Å². The second-order valence-corrected chi connectivity index (χ2v) is 7.28. The van der Waals surface area contributed by atoms with Crippen molar-refractivity contribution in [3.05, 3.63) is 64.2 Å². The van der Waals surface area contributed by atoms with E-state index in [9.17, 15) is 14.9 Å². The predicted octanol–water partition coefficient (Wildman–Crippen LogP) is 5.08. The zero-order chi connectivity index (χ0) is 18.6. The first-order valence-electron chi connectivity index (χ1n) is 8.52. The molecule has 2 rings (SSSR count). The Bertz CT molecular complexity index is 688. The first kappa shape index (κ1) is 18.9. The highest BCUT2D eigenvalue weighted by molar-refractivity contribution is 5.89. The van der Waals surface area contributed by atoms with Crippen LogP contribution in [-0.2, 0) is 4.74 Å². The number of carbonyl (C=O) groups excluding carboxylic acids is 1. The molecule has 0 heterocycles. The van der Waals surface area contributed by atoms with E-state index in [-0.39, 0.29) is 23.1 Å². The highest BCUT2D eigenvalue weighted by atomic mass is 16.6. The van der Waals surface area contributed by atoms with Crippen molar-refractivity contribution in [1.82, 2.24) is 0 Å². The molecule has 5 heteroatoms. The molecule has 2 atom stereocenters. The maximum absolute atomic E-state index is 12.1. The maximum atomic E-state index is 12.1. The summed E-state index contributed by atoms with van der Waals surface area (Å²) in [5, 5.41) is 10.6. The molecule has 0 spiro atoms. The number of carbonyl (C=O) groups is 1. The third kappa shape index (κ3) is 4.78. The number of rotatable bonds is 5. The minimum Gasteiger partial charge on any atom is -0.455 e. The first-order chi connectivity index (χ1) is 11.7. The van der Waals surface area contributed by atoms with Crippen LogP contribution in [-0.4, -0.2) is 17.0 Å². The molecule has 1 saturated carbocycles. The zero-order valence-corrected chi connectivity index (χ0v) is 15.0. The van der Waals surface area contributed by atoms with Crippen molar-refractivity contribution in [1.29, 1.82) is 0 Å². The molecular weight excluding hydrogens is 318 g/mol. The van der Waals surface area contributed by atoms with Crippen LogP contribution < -0.4 is 0 Å². The average Bonchev–Trinajstić information content (AvgIpc) is 2.53. The molecule has 0 N–H and O–H groups in total. The Kier molecular flexibility index (Phi) is 5.77. The molecule has 0 bridgehead atoms. The van der Waals surface area contributed by atoms with Crippen molar-refractivity contribution < 1.29 is 14.5 Å². The van der Waals surface area contributed by atoms with Crippen LogP contribution in [0.1, 0.15) is 50.4 Å². The number of allylic oxidation sites excluding steroid dienone is 2. The molecule has 0 unspecified atom stereocenters. The molecule has 1 aliphatic rings. The standard InChI is InChI=1S/C20H25NO4/c1-14-6-5-13-20(3,4)18(14)12-7-15(2)25-19(22)16-8-10-17(11-9-16)21(23)24/h7-12,15,18H,1,5-6,13H2,2-4H3/b12-7+/t15-,18+/m0/s1. The van der Waals surface area contributed by atoms with Crippen molar-refractivity contribution in [2.75, 3.05) is 0 Å². The molecule has 5 nitrogen and oxygen atoms in total. The van der Waals surface area contributed by atoms with Crippen LogP contribution in [0.5, 0.6) is 0 Å². The second kappa shape index (κ2) is 7.64. The van der Waals surface area contributed by atoms with E-state index < -0.39 is 10.9 Å². The second-order valence-electron chi connectivity index (χ2n) is 7.28. The highest BCUT2D eigenvalue weighted by Gasteiger charge is 2.32. The predicted molar refractivity (Wildman–Crippen MR) is 97.4 cm³/mol. The van der Waals surface area contributed by atoms with Gasteiger partial charge in [0.2, 0.25) is 0 Å². The fraction of sp³-hybridized carbons (Fsp3) is 0.450. The number of ether oxygens (including phenoxy) is 1. The molecule has 0 saturated heterocycles. The van der Waals surface area contributed by atoms with Gasteiger partial charge in [0, 0.05) is 18.1 Å². The van der Waals surface area contributed by atoms with Crippen LogP contribution in [0.3, 0.4) is 0 Å². The number of nitro groups is 1. The molecule has 0 radical (unpaired) electrons. The summed E-state index contributed by atoms with van der Waals surface area (Å²) in [7, 11) is 0. The molecule has 1 aromatic rings. The minimum atomic E-state index is -0.501. The highest BCUT2D eigenvalue weighted by Crippen LogP contribution is 2.43. The minimum absolute atomic E-state index is 0.0532. The summed E-state index contributed by atoms with van der Waals surface area (Å²) in [6.07, 6.45) is 6.96. The van der Waals surface area contributed by atoms with Gasteiger partial charge in [-0.25, -0.2) is 4.79 Å². The number of hydrogen-bond acceptors (Lipinski definition) is 4. The van der Waals surface area contributed by atoms with Crippen molar-refractivity contribution in [3.63, 3.8) is 0 Å². The Morgan fingerprint density at radius 2 is 2.04 bits per heavy atom. The van der Waals surface area contributed by atoms with Gasteiger partial charge in [-0.15, -0.1) is 0 Å². The van der Waals surface area contributed by atoms with Gasteiger partial charge in [-0.3, -0.25) is 10.1 Å². The number of hydrogen-bond donors (Lipinski definition) is 0. The van der Waals surface area contributed by atoms with E-state index in [1.54, 1.807) is 6.92 Å². The molecular formula is C20H25NO4. The lowest BCUT2D eigenvalue weighted by atomic mass is 9.66. The summed E-state index contributed by atoms with van der Waals surface area (Å²) in [5.74, 6) is -0.212. The molecule has 1 aromatic carbocycles. The van der Waals surface area contributed by atoms with Crippen LogP contribution in [0.2, 0.25) is 0 Å². The molecule has 1 fully saturated rings. The molecule has 134 valence electrons. The largest absolute Gasteiger partial charge is 0.455 e. The van der Waals surface area contributed by atoms with Crippen molar-refractivity contribution in [2.24, 2.45) is 11.3 Å². The van der Waals surface area contributed by atoms with Gasteiger partial charge in [-0.1, -0.05) is 32.1 Å². The lowest BCUT2D eigenvalue weighted by Crippen LogP contribution is -2.28. The number of non-ortho nitro benzene ring substituents is 1. The van der Waals surface area contributed by atoms with Gasteiger partial charge in [0.15, 0.2) is 0 Å². The van der Waals surface area contributed by atoms with E-state index in [0.717, 1.165) is 12.8 Å². The first-order valence-corrected chi connectivity index (χ1v) is 8.52. The summed E-state index contributed by atoms with van der Waals surface area (Å²) >= 11 is 0. The fourth-order valence-corrected chi connectivity index (χ4v) is 3.29. The zero-order valence-electron chi connectivity index (χ0n) is 15.0. The molecule has 0 aromatic heterocycles. The summed E-state index contributed by atoms with van der Waals surface area (Å²) in [6.45, 7) is 10.5. The molecule has 0 aliphatic heterocycles. The summed E-state index contributed by atoms with van der Waals surface area (Å²) in [5.41, 5.74) is 1.63.